The summed E-state index contributed by atoms with van der Waals surface area (Å²) in [6.45, 7) is -0.609. The minimum absolute atomic E-state index is 0.0225. The van der Waals surface area contributed by atoms with Gasteiger partial charge in [-0.15, -0.1) is 0 Å². The van der Waals surface area contributed by atoms with Crippen LogP contribution in [0.1, 0.15) is 15.9 Å². The molecule has 2 aromatic rings. The number of carbonyl (C=O) groups is 4. The Morgan fingerprint density at radius 3 is 2.59 bits per heavy atom. The topological polar surface area (TPSA) is 124 Å². The monoisotopic (exact) mass is 416 g/mol. The number of imide groups is 1. The molecule has 0 unspecified atom stereocenters. The molecule has 3 N–H and O–H groups in total. The largest absolute Gasteiger partial charge is 0.507 e. The second kappa shape index (κ2) is 8.15. The summed E-state index contributed by atoms with van der Waals surface area (Å²) in [4.78, 5) is 48.4. The Labute approximate surface area is 167 Å². The number of amides is 3. The van der Waals surface area contributed by atoms with E-state index in [1.54, 1.807) is 6.07 Å². The summed E-state index contributed by atoms with van der Waals surface area (Å²) >= 11 is 0.583. The van der Waals surface area contributed by atoms with E-state index in [9.17, 15) is 28.7 Å². The van der Waals surface area contributed by atoms with E-state index in [2.05, 4.69) is 5.32 Å². The van der Waals surface area contributed by atoms with Gasteiger partial charge in [0.2, 0.25) is 5.91 Å². The Balaban J connectivity index is 1.72. The molecule has 0 bridgehead atoms. The Hall–Kier alpha value is -3.66. The molecular weight excluding hydrogens is 403 g/mol. The van der Waals surface area contributed by atoms with Crippen LogP contribution in [0.5, 0.6) is 5.75 Å². The maximum atomic E-state index is 13.7. The van der Waals surface area contributed by atoms with E-state index in [-0.39, 0.29) is 16.2 Å². The first-order valence-corrected chi connectivity index (χ1v) is 8.94. The summed E-state index contributed by atoms with van der Waals surface area (Å²) in [5.41, 5.74) is -0.214. The number of carboxylic acids is 1. The molecule has 148 valence electrons. The number of halogens is 1. The van der Waals surface area contributed by atoms with Crippen molar-refractivity contribution in [2.24, 2.45) is 0 Å². The van der Waals surface area contributed by atoms with E-state index in [0.717, 1.165) is 12.1 Å². The van der Waals surface area contributed by atoms with Crippen LogP contribution in [0.2, 0.25) is 0 Å². The van der Waals surface area contributed by atoms with Gasteiger partial charge in [0.25, 0.3) is 11.1 Å². The third-order valence-corrected chi connectivity index (χ3v) is 4.79. The number of aromatic carboxylic acids is 1. The summed E-state index contributed by atoms with van der Waals surface area (Å²) in [6.07, 6.45) is 1.23. The van der Waals surface area contributed by atoms with Crippen molar-refractivity contribution in [3.63, 3.8) is 0 Å². The maximum absolute atomic E-state index is 13.7. The van der Waals surface area contributed by atoms with Gasteiger partial charge in [0.1, 0.15) is 23.7 Å². The lowest BCUT2D eigenvalue weighted by atomic mass is 10.2. The van der Waals surface area contributed by atoms with Crippen LogP contribution >= 0.6 is 11.8 Å². The van der Waals surface area contributed by atoms with Gasteiger partial charge in [-0.05, 0) is 42.1 Å². The number of hydrogen-bond donors (Lipinski definition) is 3. The number of nitrogens with one attached hydrogen (secondary N) is 1. The highest BCUT2D eigenvalue weighted by molar-refractivity contribution is 8.18. The lowest BCUT2D eigenvalue weighted by molar-refractivity contribution is -0.127. The van der Waals surface area contributed by atoms with E-state index in [1.807, 2.05) is 0 Å². The highest BCUT2D eigenvalue weighted by Gasteiger charge is 2.36. The lowest BCUT2D eigenvalue weighted by Crippen LogP contribution is -2.36. The van der Waals surface area contributed by atoms with Gasteiger partial charge in [-0.1, -0.05) is 18.2 Å². The fraction of sp³-hybridized carbons (Fsp3) is 0.0526. The molecule has 8 nitrogen and oxygen atoms in total. The molecule has 0 aliphatic carbocycles. The fourth-order valence-corrected chi connectivity index (χ4v) is 3.33. The molecule has 0 spiro atoms. The van der Waals surface area contributed by atoms with Crippen molar-refractivity contribution in [3.05, 3.63) is 64.3 Å². The molecule has 0 radical (unpaired) electrons. The van der Waals surface area contributed by atoms with Gasteiger partial charge in [-0.3, -0.25) is 19.3 Å². The first kappa shape index (κ1) is 20.1. The SMILES string of the molecule is O=C(CN1C(=O)S/C(=C\c2ccccc2F)C1=O)Nc1ccc(O)c(C(=O)O)c1. The minimum atomic E-state index is -1.39. The standard InChI is InChI=1S/C19H13FN2O6S/c20-13-4-2-1-3-10(13)7-15-17(25)22(19(28)29-15)9-16(24)21-11-5-6-14(23)12(8-11)18(26)27/h1-8,23H,9H2,(H,21,24)(H,26,27)/b15-7-. The number of nitrogens with zero attached hydrogens (tertiary/aromatic N) is 1. The van der Waals surface area contributed by atoms with E-state index in [4.69, 9.17) is 5.11 Å². The van der Waals surface area contributed by atoms with E-state index in [1.165, 1.54) is 30.3 Å². The Morgan fingerprint density at radius 2 is 1.90 bits per heavy atom. The second-order valence-electron chi connectivity index (χ2n) is 5.87. The molecule has 2 aromatic carbocycles. The zero-order chi connectivity index (χ0) is 21.1. The van der Waals surface area contributed by atoms with Crippen LogP contribution in [-0.4, -0.2) is 44.7 Å². The van der Waals surface area contributed by atoms with E-state index >= 15 is 0 Å². The van der Waals surface area contributed by atoms with Crippen molar-refractivity contribution in [3.8, 4) is 5.75 Å². The maximum Gasteiger partial charge on any atom is 0.339 e. The van der Waals surface area contributed by atoms with Crippen molar-refractivity contribution in [1.82, 2.24) is 4.90 Å². The van der Waals surface area contributed by atoms with E-state index < -0.39 is 46.7 Å². The molecule has 0 atom stereocenters. The number of rotatable bonds is 5. The molecule has 1 aliphatic rings. The number of anilines is 1. The Morgan fingerprint density at radius 1 is 1.17 bits per heavy atom. The predicted molar refractivity (Wildman–Crippen MR) is 103 cm³/mol. The van der Waals surface area contributed by atoms with Crippen LogP contribution in [0.15, 0.2) is 47.4 Å². The van der Waals surface area contributed by atoms with Gasteiger partial charge in [0.15, 0.2) is 0 Å². The van der Waals surface area contributed by atoms with Gasteiger partial charge in [0, 0.05) is 11.3 Å². The molecule has 3 amide bonds. The zero-order valence-electron chi connectivity index (χ0n) is 14.6. The van der Waals surface area contributed by atoms with Crippen molar-refractivity contribution in [2.45, 2.75) is 0 Å². The molecule has 1 fully saturated rings. The van der Waals surface area contributed by atoms with Crippen LogP contribution < -0.4 is 5.32 Å². The van der Waals surface area contributed by atoms with Gasteiger partial charge in [-0.2, -0.15) is 0 Å². The Bertz CT molecular complexity index is 1070. The number of carbonyl (C=O) groups excluding carboxylic acids is 3. The van der Waals surface area contributed by atoms with Crippen LogP contribution in [0.4, 0.5) is 14.9 Å². The smallest absolute Gasteiger partial charge is 0.339 e. The first-order valence-electron chi connectivity index (χ1n) is 8.12. The molecular formula is C19H13FN2O6S. The van der Waals surface area contributed by atoms with Crippen molar-refractivity contribution >= 4 is 46.5 Å². The molecule has 0 saturated carbocycles. The quantitative estimate of drug-likeness (QED) is 0.506. The lowest BCUT2D eigenvalue weighted by Gasteiger charge is -2.13. The van der Waals surface area contributed by atoms with E-state index in [0.29, 0.717) is 16.7 Å². The molecule has 29 heavy (non-hydrogen) atoms. The number of hydrogen-bond acceptors (Lipinski definition) is 6. The summed E-state index contributed by atoms with van der Waals surface area (Å²) in [6, 6.07) is 9.13. The molecule has 3 rings (SSSR count). The molecule has 1 heterocycles. The average Bonchev–Trinajstić information content (AvgIpc) is 2.92. The fourth-order valence-electron chi connectivity index (χ4n) is 2.50. The summed E-state index contributed by atoms with van der Waals surface area (Å²) in [5, 5.41) is 20.1. The van der Waals surface area contributed by atoms with Crippen LogP contribution in [0.25, 0.3) is 6.08 Å². The van der Waals surface area contributed by atoms with Crippen molar-refractivity contribution < 1.29 is 33.8 Å². The number of thioether (sulfide) groups is 1. The van der Waals surface area contributed by atoms with Crippen molar-refractivity contribution in [1.29, 1.82) is 0 Å². The number of phenols is 1. The second-order valence-corrected chi connectivity index (χ2v) is 6.87. The van der Waals surface area contributed by atoms with Gasteiger partial charge >= 0.3 is 5.97 Å². The molecule has 1 aliphatic heterocycles. The third-order valence-electron chi connectivity index (χ3n) is 3.88. The number of carboxylic acid groups (broad SMARTS) is 1. The van der Waals surface area contributed by atoms with Gasteiger partial charge in [0.05, 0.1) is 4.91 Å². The number of benzene rings is 2. The van der Waals surface area contributed by atoms with Crippen molar-refractivity contribution in [2.75, 3.05) is 11.9 Å². The average molecular weight is 416 g/mol. The van der Waals surface area contributed by atoms with Crippen LogP contribution in [0, 0.1) is 5.82 Å². The van der Waals surface area contributed by atoms with Crippen LogP contribution in [-0.2, 0) is 9.59 Å². The predicted octanol–water partition coefficient (Wildman–Crippen LogP) is 2.90. The Kier molecular flexibility index (Phi) is 5.64. The normalized spacial score (nSPS) is 15.1. The summed E-state index contributed by atoms with van der Waals surface area (Å²) in [7, 11) is 0. The van der Waals surface area contributed by atoms with Crippen LogP contribution in [0.3, 0.4) is 0 Å². The number of aromatic hydroxyl groups is 1. The summed E-state index contributed by atoms with van der Waals surface area (Å²) in [5.74, 6) is -3.90. The summed E-state index contributed by atoms with van der Waals surface area (Å²) < 4.78 is 13.7. The van der Waals surface area contributed by atoms with Gasteiger partial charge < -0.3 is 15.5 Å². The zero-order valence-corrected chi connectivity index (χ0v) is 15.4. The minimum Gasteiger partial charge on any atom is -0.507 e. The first-order chi connectivity index (χ1) is 13.8. The highest BCUT2D eigenvalue weighted by atomic mass is 32.2. The molecule has 0 aromatic heterocycles. The highest BCUT2D eigenvalue weighted by Crippen LogP contribution is 2.32. The van der Waals surface area contributed by atoms with Gasteiger partial charge in [-0.25, -0.2) is 9.18 Å². The third kappa shape index (κ3) is 4.43. The molecule has 1 saturated heterocycles. The molecule has 10 heteroatoms.